The van der Waals surface area contributed by atoms with Crippen molar-refractivity contribution in [2.45, 2.75) is 6.92 Å². The van der Waals surface area contributed by atoms with E-state index < -0.39 is 0 Å². The van der Waals surface area contributed by atoms with Crippen molar-refractivity contribution in [2.24, 2.45) is 0 Å². The monoisotopic (exact) mass is 426 g/mol. The number of carbonyl (C=O) groups excluding carboxylic acids is 2. The number of amides is 1. The minimum atomic E-state index is -0.210. The standard InChI is InChI=1S/C22H19ClN2O3S/c1-15(26)20-7-8-21(29-20)17-5-6-19(18(23)13-17)28-12-11-25-22(27)9-4-16-3-2-10-24-14-16/h2-10,13-14H,11-12H2,1H3,(H,25,27)/b9-4-. The molecular weight excluding hydrogens is 408 g/mol. The fraction of sp³-hybridized carbons (Fsp3) is 0.136. The number of hydrogen-bond acceptors (Lipinski definition) is 5. The van der Waals surface area contributed by atoms with Crippen molar-refractivity contribution in [1.82, 2.24) is 10.3 Å². The number of aromatic nitrogens is 1. The lowest BCUT2D eigenvalue weighted by molar-refractivity contribution is -0.116. The van der Waals surface area contributed by atoms with Gasteiger partial charge in [0.15, 0.2) is 5.78 Å². The smallest absolute Gasteiger partial charge is 0.244 e. The number of nitrogens with one attached hydrogen (secondary N) is 1. The molecule has 0 radical (unpaired) electrons. The van der Waals surface area contributed by atoms with E-state index in [1.165, 1.54) is 17.4 Å². The van der Waals surface area contributed by atoms with Crippen LogP contribution in [0.15, 0.2) is 60.9 Å². The maximum atomic E-state index is 11.8. The van der Waals surface area contributed by atoms with Crippen molar-refractivity contribution in [3.63, 3.8) is 0 Å². The number of ether oxygens (including phenoxy) is 1. The van der Waals surface area contributed by atoms with Gasteiger partial charge in [-0.1, -0.05) is 17.7 Å². The summed E-state index contributed by atoms with van der Waals surface area (Å²) in [6, 6.07) is 12.9. The van der Waals surface area contributed by atoms with Crippen LogP contribution >= 0.6 is 22.9 Å². The summed E-state index contributed by atoms with van der Waals surface area (Å²) in [5, 5.41) is 3.22. The fourth-order valence-corrected chi connectivity index (χ4v) is 3.63. The first-order valence-electron chi connectivity index (χ1n) is 8.92. The van der Waals surface area contributed by atoms with E-state index in [2.05, 4.69) is 10.3 Å². The molecule has 7 heteroatoms. The van der Waals surface area contributed by atoms with Crippen molar-refractivity contribution in [2.75, 3.05) is 13.2 Å². The van der Waals surface area contributed by atoms with Crippen LogP contribution < -0.4 is 10.1 Å². The first kappa shape index (κ1) is 20.8. The van der Waals surface area contributed by atoms with Crippen LogP contribution in [0.4, 0.5) is 0 Å². The number of hydrogen-bond donors (Lipinski definition) is 1. The molecule has 0 fully saturated rings. The Bertz CT molecular complexity index is 1030. The molecule has 1 aromatic carbocycles. The summed E-state index contributed by atoms with van der Waals surface area (Å²) in [5.41, 5.74) is 1.78. The molecule has 1 N–H and O–H groups in total. The van der Waals surface area contributed by atoms with Crippen LogP contribution in [-0.2, 0) is 4.79 Å². The summed E-state index contributed by atoms with van der Waals surface area (Å²) in [4.78, 5) is 28.9. The van der Waals surface area contributed by atoms with Gasteiger partial charge in [-0.3, -0.25) is 14.6 Å². The van der Waals surface area contributed by atoms with Gasteiger partial charge in [0.1, 0.15) is 12.4 Å². The highest BCUT2D eigenvalue weighted by atomic mass is 35.5. The molecule has 2 heterocycles. The van der Waals surface area contributed by atoms with Crippen LogP contribution in [-0.4, -0.2) is 29.8 Å². The molecule has 0 spiro atoms. The Labute approximate surface area is 178 Å². The molecule has 3 rings (SSSR count). The first-order chi connectivity index (χ1) is 14.0. The van der Waals surface area contributed by atoms with E-state index in [1.54, 1.807) is 37.5 Å². The van der Waals surface area contributed by atoms with E-state index in [4.69, 9.17) is 16.3 Å². The number of nitrogens with zero attached hydrogens (tertiary/aromatic N) is 1. The maximum absolute atomic E-state index is 11.8. The number of rotatable bonds is 8. The van der Waals surface area contributed by atoms with Crippen LogP contribution in [0.2, 0.25) is 5.02 Å². The Morgan fingerprint density at radius 2 is 2.10 bits per heavy atom. The van der Waals surface area contributed by atoms with E-state index in [1.807, 2.05) is 30.3 Å². The molecule has 0 atom stereocenters. The molecule has 0 unspecified atom stereocenters. The largest absolute Gasteiger partial charge is 0.490 e. The molecule has 0 aliphatic carbocycles. The minimum absolute atomic E-state index is 0.0460. The lowest BCUT2D eigenvalue weighted by Crippen LogP contribution is -2.26. The molecule has 5 nitrogen and oxygen atoms in total. The predicted molar refractivity (Wildman–Crippen MR) is 117 cm³/mol. The van der Waals surface area contributed by atoms with Crippen molar-refractivity contribution in [1.29, 1.82) is 0 Å². The zero-order valence-corrected chi connectivity index (χ0v) is 17.3. The van der Waals surface area contributed by atoms with E-state index in [9.17, 15) is 9.59 Å². The first-order valence-corrected chi connectivity index (χ1v) is 10.1. The molecule has 2 aromatic heterocycles. The number of Topliss-reactive ketones (excluding diaryl/α,β-unsaturated/α-hetero) is 1. The van der Waals surface area contributed by atoms with Crippen molar-refractivity contribution in [3.8, 4) is 16.2 Å². The van der Waals surface area contributed by atoms with Gasteiger partial charge in [-0.15, -0.1) is 11.3 Å². The van der Waals surface area contributed by atoms with Crippen LogP contribution in [0.25, 0.3) is 16.5 Å². The molecule has 0 aliphatic rings. The lowest BCUT2D eigenvalue weighted by atomic mass is 10.2. The molecule has 0 saturated carbocycles. The second-order valence-corrected chi connectivity index (χ2v) is 7.62. The van der Waals surface area contributed by atoms with Gasteiger partial charge in [-0.25, -0.2) is 0 Å². The van der Waals surface area contributed by atoms with Gasteiger partial charge in [0.2, 0.25) is 5.91 Å². The molecule has 0 aliphatic heterocycles. The van der Waals surface area contributed by atoms with E-state index in [-0.39, 0.29) is 11.7 Å². The van der Waals surface area contributed by atoms with Gasteiger partial charge in [-0.2, -0.15) is 0 Å². The summed E-state index contributed by atoms with van der Waals surface area (Å²) in [6.45, 7) is 2.19. The predicted octanol–water partition coefficient (Wildman–Crippen LogP) is 4.87. The summed E-state index contributed by atoms with van der Waals surface area (Å²) >= 11 is 7.75. The Kier molecular flexibility index (Phi) is 7.16. The third kappa shape index (κ3) is 6.01. The Balaban J connectivity index is 1.48. The highest BCUT2D eigenvalue weighted by molar-refractivity contribution is 7.17. The second-order valence-electron chi connectivity index (χ2n) is 6.12. The van der Waals surface area contributed by atoms with E-state index in [0.717, 1.165) is 16.0 Å². The molecule has 29 heavy (non-hydrogen) atoms. The summed E-state index contributed by atoms with van der Waals surface area (Å²) in [7, 11) is 0. The van der Waals surface area contributed by atoms with E-state index in [0.29, 0.717) is 28.8 Å². The third-order valence-electron chi connectivity index (χ3n) is 3.94. The maximum Gasteiger partial charge on any atom is 0.244 e. The molecule has 1 amide bonds. The number of ketones is 1. The highest BCUT2D eigenvalue weighted by Gasteiger charge is 2.09. The number of pyridine rings is 1. The average Bonchev–Trinajstić information content (AvgIpc) is 3.22. The number of thiophene rings is 1. The van der Waals surface area contributed by atoms with Gasteiger partial charge in [0.25, 0.3) is 0 Å². The zero-order valence-electron chi connectivity index (χ0n) is 15.7. The average molecular weight is 427 g/mol. The topological polar surface area (TPSA) is 68.3 Å². The Morgan fingerprint density at radius 3 is 2.79 bits per heavy atom. The van der Waals surface area contributed by atoms with E-state index >= 15 is 0 Å². The quantitative estimate of drug-likeness (QED) is 0.317. The van der Waals surface area contributed by atoms with Crippen LogP contribution in [0.1, 0.15) is 22.2 Å². The molecule has 0 bridgehead atoms. The van der Waals surface area contributed by atoms with Crippen molar-refractivity contribution < 1.29 is 14.3 Å². The van der Waals surface area contributed by atoms with Crippen molar-refractivity contribution >= 4 is 40.7 Å². The number of carbonyl (C=O) groups is 2. The molecular formula is C22H19ClN2O3S. The van der Waals surface area contributed by atoms with Gasteiger partial charge in [-0.05, 0) is 60.5 Å². The van der Waals surface area contributed by atoms with Crippen LogP contribution in [0.3, 0.4) is 0 Å². The number of benzene rings is 1. The SMILES string of the molecule is CC(=O)c1ccc(-c2ccc(OCCNC(=O)/C=C\c3cccnc3)c(Cl)c2)s1. The highest BCUT2D eigenvalue weighted by Crippen LogP contribution is 2.34. The molecule has 148 valence electrons. The van der Waals surface area contributed by atoms with Crippen molar-refractivity contribution in [3.05, 3.63) is 76.4 Å². The van der Waals surface area contributed by atoms with Gasteiger partial charge in [0, 0.05) is 23.3 Å². The Hall–Kier alpha value is -2.96. The van der Waals surface area contributed by atoms with Gasteiger partial charge >= 0.3 is 0 Å². The zero-order chi connectivity index (χ0) is 20.6. The summed E-state index contributed by atoms with van der Waals surface area (Å²) < 4.78 is 5.65. The summed E-state index contributed by atoms with van der Waals surface area (Å²) in [6.07, 6.45) is 6.50. The second kappa shape index (κ2) is 10.0. The van der Waals surface area contributed by atoms with Crippen LogP contribution in [0.5, 0.6) is 5.75 Å². The number of halogens is 1. The molecule has 3 aromatic rings. The minimum Gasteiger partial charge on any atom is -0.490 e. The normalized spacial score (nSPS) is 10.8. The van der Waals surface area contributed by atoms with Gasteiger partial charge in [0.05, 0.1) is 16.4 Å². The summed E-state index contributed by atoms with van der Waals surface area (Å²) in [5.74, 6) is 0.376. The van der Waals surface area contributed by atoms with Crippen LogP contribution in [0, 0.1) is 0 Å². The lowest BCUT2D eigenvalue weighted by Gasteiger charge is -2.09. The third-order valence-corrected chi connectivity index (χ3v) is 5.47. The molecule has 0 saturated heterocycles. The Morgan fingerprint density at radius 1 is 1.24 bits per heavy atom. The van der Waals surface area contributed by atoms with Gasteiger partial charge < -0.3 is 10.1 Å². The fourth-order valence-electron chi connectivity index (χ4n) is 2.49.